The number of hydrogen-bond donors (Lipinski definition) is 0. The van der Waals surface area contributed by atoms with Crippen LogP contribution >= 0.6 is 0 Å². The van der Waals surface area contributed by atoms with E-state index in [-0.39, 0.29) is 29.0 Å². The summed E-state index contributed by atoms with van der Waals surface area (Å²) in [4.78, 5) is 12.4. The summed E-state index contributed by atoms with van der Waals surface area (Å²) in [5, 5.41) is 0. The largest absolute Gasteiger partial charge is 0.462 e. The first-order valence-corrected chi connectivity index (χ1v) is 9.99. The Bertz CT molecular complexity index is 704. The van der Waals surface area contributed by atoms with Gasteiger partial charge in [-0.05, 0) is 37.5 Å². The maximum absolute atomic E-state index is 12.2. The van der Waals surface area contributed by atoms with E-state index in [0.29, 0.717) is 12.8 Å². The number of carbonyl (C=O) groups is 1. The van der Waals surface area contributed by atoms with Crippen molar-refractivity contribution in [2.45, 2.75) is 62.9 Å². The molecule has 1 saturated carbocycles. The van der Waals surface area contributed by atoms with Crippen molar-refractivity contribution in [3.8, 4) is 0 Å². The maximum atomic E-state index is 12.2. The molecule has 6 heteroatoms. The molecule has 1 aromatic rings. The topological polar surface area (TPSA) is 69.7 Å². The first-order valence-electron chi connectivity index (χ1n) is 8.59. The molecule has 24 heavy (non-hydrogen) atoms. The minimum Gasteiger partial charge on any atom is -0.462 e. The Morgan fingerprint density at radius 1 is 1.25 bits per heavy atom. The normalized spacial score (nSPS) is 23.4. The second-order valence-electron chi connectivity index (χ2n) is 6.95. The fourth-order valence-electron chi connectivity index (χ4n) is 3.76. The molecule has 0 bridgehead atoms. The molecule has 3 rings (SSSR count). The average Bonchev–Trinajstić information content (AvgIpc) is 2.83. The van der Waals surface area contributed by atoms with Gasteiger partial charge in [-0.2, -0.15) is 8.42 Å². The first-order chi connectivity index (χ1) is 11.4. The van der Waals surface area contributed by atoms with Gasteiger partial charge >= 0.3 is 5.97 Å². The number of hydrogen-bond acceptors (Lipinski definition) is 5. The molecule has 1 heterocycles. The second-order valence-corrected chi connectivity index (χ2v) is 8.57. The zero-order chi connectivity index (χ0) is 17.2. The van der Waals surface area contributed by atoms with Gasteiger partial charge in [-0.25, -0.2) is 0 Å². The van der Waals surface area contributed by atoms with Crippen LogP contribution in [0.15, 0.2) is 29.2 Å². The van der Waals surface area contributed by atoms with E-state index >= 15 is 0 Å². The fraction of sp³-hybridized carbons (Fsp3) is 0.611. The van der Waals surface area contributed by atoms with E-state index in [1.165, 1.54) is 12.5 Å². The lowest BCUT2D eigenvalue weighted by Crippen LogP contribution is -2.28. The minimum atomic E-state index is -3.76. The van der Waals surface area contributed by atoms with Crippen molar-refractivity contribution in [3.05, 3.63) is 29.8 Å². The highest BCUT2D eigenvalue weighted by atomic mass is 32.2. The average molecular weight is 352 g/mol. The van der Waals surface area contributed by atoms with E-state index in [0.717, 1.165) is 31.2 Å². The molecule has 1 saturated heterocycles. The van der Waals surface area contributed by atoms with Crippen LogP contribution in [0.1, 0.15) is 50.5 Å². The second kappa shape index (κ2) is 6.84. The number of ether oxygens (including phenoxy) is 1. The number of carbonyl (C=O) groups excluding carboxylic acids is 1. The van der Waals surface area contributed by atoms with E-state index in [1.807, 2.05) is 13.0 Å². The van der Waals surface area contributed by atoms with E-state index in [2.05, 4.69) is 0 Å². The number of rotatable bonds is 5. The monoisotopic (exact) mass is 352 g/mol. The summed E-state index contributed by atoms with van der Waals surface area (Å²) in [7, 11) is -3.76. The molecule has 5 nitrogen and oxygen atoms in total. The van der Waals surface area contributed by atoms with Crippen LogP contribution in [0.2, 0.25) is 0 Å². The van der Waals surface area contributed by atoms with E-state index in [9.17, 15) is 13.2 Å². The van der Waals surface area contributed by atoms with Crippen molar-refractivity contribution in [2.24, 2.45) is 5.41 Å². The number of aryl methyl sites for hydroxylation is 1. The summed E-state index contributed by atoms with van der Waals surface area (Å²) >= 11 is 0. The summed E-state index contributed by atoms with van der Waals surface area (Å²) in [5.41, 5.74) is 0.543. The Morgan fingerprint density at radius 2 is 2.00 bits per heavy atom. The van der Waals surface area contributed by atoms with Gasteiger partial charge in [-0.1, -0.05) is 31.4 Å². The quantitative estimate of drug-likeness (QED) is 0.600. The maximum Gasteiger partial charge on any atom is 0.312 e. The predicted molar refractivity (Wildman–Crippen MR) is 88.9 cm³/mol. The summed E-state index contributed by atoms with van der Waals surface area (Å²) in [6, 6.07) is 6.63. The van der Waals surface area contributed by atoms with Gasteiger partial charge in [-0.15, -0.1) is 0 Å². The summed E-state index contributed by atoms with van der Waals surface area (Å²) in [6.07, 6.45) is 5.98. The number of cyclic esters (lactones) is 1. The smallest absolute Gasteiger partial charge is 0.312 e. The van der Waals surface area contributed by atoms with Crippen molar-refractivity contribution < 1.29 is 22.1 Å². The first kappa shape index (κ1) is 17.4. The minimum absolute atomic E-state index is 0.0320. The molecule has 1 spiro atoms. The third-order valence-electron chi connectivity index (χ3n) is 5.09. The van der Waals surface area contributed by atoms with Crippen LogP contribution in [0, 0.1) is 12.3 Å². The summed E-state index contributed by atoms with van der Waals surface area (Å²) < 4.78 is 35.0. The van der Waals surface area contributed by atoms with Crippen LogP contribution < -0.4 is 0 Å². The Kier molecular flexibility index (Phi) is 4.97. The summed E-state index contributed by atoms with van der Waals surface area (Å²) in [5.74, 6) is -0.103. The van der Waals surface area contributed by atoms with Crippen LogP contribution in [-0.2, 0) is 23.8 Å². The molecule has 1 atom stereocenters. The number of benzene rings is 1. The van der Waals surface area contributed by atoms with E-state index < -0.39 is 10.1 Å². The molecule has 1 unspecified atom stereocenters. The Hall–Kier alpha value is -1.40. The van der Waals surface area contributed by atoms with Crippen molar-refractivity contribution in [3.63, 3.8) is 0 Å². The Balaban J connectivity index is 1.54. The molecule has 2 fully saturated rings. The molecule has 0 N–H and O–H groups in total. The van der Waals surface area contributed by atoms with Gasteiger partial charge in [0.15, 0.2) is 0 Å². The summed E-state index contributed by atoms with van der Waals surface area (Å²) in [6.45, 7) is 1.87. The zero-order valence-electron chi connectivity index (χ0n) is 14.0. The highest BCUT2D eigenvalue weighted by Gasteiger charge is 2.48. The molecule has 1 aliphatic carbocycles. The lowest BCUT2D eigenvalue weighted by atomic mass is 9.72. The predicted octanol–water partition coefficient (Wildman–Crippen LogP) is 3.36. The lowest BCUT2D eigenvalue weighted by Gasteiger charge is -2.28. The SMILES string of the molecule is Cc1cccc(S(=O)(=O)OCCC2CC3(CCCCC3)C(=O)O2)c1. The van der Waals surface area contributed by atoms with Gasteiger partial charge in [-0.3, -0.25) is 8.98 Å². The van der Waals surface area contributed by atoms with Crippen LogP contribution in [0.3, 0.4) is 0 Å². The molecule has 1 aromatic carbocycles. The van der Waals surface area contributed by atoms with Crippen LogP contribution in [0.25, 0.3) is 0 Å². The lowest BCUT2D eigenvalue weighted by molar-refractivity contribution is -0.150. The Labute approximate surface area is 143 Å². The van der Waals surface area contributed by atoms with E-state index in [1.54, 1.807) is 12.1 Å². The van der Waals surface area contributed by atoms with Gasteiger partial charge in [0.2, 0.25) is 0 Å². The third kappa shape index (κ3) is 3.64. The van der Waals surface area contributed by atoms with Crippen molar-refractivity contribution in [2.75, 3.05) is 6.61 Å². The Morgan fingerprint density at radius 3 is 2.71 bits per heavy atom. The molecule has 2 aliphatic rings. The standard InChI is InChI=1S/C18H24O5S/c1-14-6-5-7-16(12-14)24(20,21)22-11-8-15-13-18(17(19)23-15)9-3-2-4-10-18/h5-7,12,15H,2-4,8-11,13H2,1H3. The molecular formula is C18H24O5S. The van der Waals surface area contributed by atoms with E-state index in [4.69, 9.17) is 8.92 Å². The van der Waals surface area contributed by atoms with Crippen molar-refractivity contribution >= 4 is 16.1 Å². The molecule has 0 radical (unpaired) electrons. The van der Waals surface area contributed by atoms with Gasteiger partial charge < -0.3 is 4.74 Å². The van der Waals surface area contributed by atoms with Gasteiger partial charge in [0, 0.05) is 12.8 Å². The zero-order valence-corrected chi connectivity index (χ0v) is 14.8. The molecular weight excluding hydrogens is 328 g/mol. The highest BCUT2D eigenvalue weighted by molar-refractivity contribution is 7.86. The van der Waals surface area contributed by atoms with Crippen LogP contribution in [-0.4, -0.2) is 27.1 Å². The van der Waals surface area contributed by atoms with Crippen molar-refractivity contribution in [1.82, 2.24) is 0 Å². The molecule has 132 valence electrons. The third-order valence-corrected chi connectivity index (χ3v) is 6.40. The highest BCUT2D eigenvalue weighted by Crippen LogP contribution is 2.46. The van der Waals surface area contributed by atoms with Crippen LogP contribution in [0.5, 0.6) is 0 Å². The van der Waals surface area contributed by atoms with Gasteiger partial charge in [0.1, 0.15) is 6.10 Å². The van der Waals surface area contributed by atoms with Gasteiger partial charge in [0.05, 0.1) is 16.9 Å². The molecule has 1 aliphatic heterocycles. The molecule has 0 amide bonds. The van der Waals surface area contributed by atoms with Crippen molar-refractivity contribution in [1.29, 1.82) is 0 Å². The van der Waals surface area contributed by atoms with Crippen LogP contribution in [0.4, 0.5) is 0 Å². The number of esters is 1. The fourth-order valence-corrected chi connectivity index (χ4v) is 4.79. The van der Waals surface area contributed by atoms with Gasteiger partial charge in [0.25, 0.3) is 10.1 Å². The molecule has 0 aromatic heterocycles.